The molecule has 0 saturated heterocycles. The van der Waals surface area contributed by atoms with Crippen LogP contribution < -0.4 is 4.74 Å². The Morgan fingerprint density at radius 1 is 0.857 bits per heavy atom. The van der Waals surface area contributed by atoms with E-state index < -0.39 is 0 Å². The summed E-state index contributed by atoms with van der Waals surface area (Å²) in [6.07, 6.45) is 11.2. The van der Waals surface area contributed by atoms with Gasteiger partial charge in [0.05, 0.1) is 11.7 Å². The van der Waals surface area contributed by atoms with Crippen LogP contribution in [0.5, 0.6) is 5.75 Å². The molecule has 0 heterocycles. The van der Waals surface area contributed by atoms with E-state index in [0.29, 0.717) is 23.4 Å². The third-order valence-electron chi connectivity index (χ3n) is 9.79. The molecule has 4 aliphatic carbocycles. The van der Waals surface area contributed by atoms with E-state index >= 15 is 0 Å². The molecule has 1 aromatic rings. The molecular formula is C33H54O2. The standard InChI is InChI=1S/C33H54O2/c1-23(35-32(8,9)33-15-14-24-16-25(19-33)18-26(17-24)20-33)22-34-28-12-10-27(11-13-28)29(31(5,6)7)21-30(2,3)4/h10-13,23-26,29H,14-22H2,1-9H3. The van der Waals surface area contributed by atoms with Gasteiger partial charge in [0.1, 0.15) is 12.4 Å². The Morgan fingerprint density at radius 2 is 1.43 bits per heavy atom. The van der Waals surface area contributed by atoms with E-state index in [1.165, 1.54) is 56.9 Å². The van der Waals surface area contributed by atoms with Gasteiger partial charge in [0.25, 0.3) is 0 Å². The molecule has 0 amide bonds. The topological polar surface area (TPSA) is 18.5 Å². The summed E-state index contributed by atoms with van der Waals surface area (Å²) < 4.78 is 13.1. The summed E-state index contributed by atoms with van der Waals surface area (Å²) in [4.78, 5) is 0. The molecular weight excluding hydrogens is 428 g/mol. The summed E-state index contributed by atoms with van der Waals surface area (Å²) >= 11 is 0. The van der Waals surface area contributed by atoms with Gasteiger partial charge in [-0.15, -0.1) is 0 Å². The van der Waals surface area contributed by atoms with Crippen LogP contribution in [0.25, 0.3) is 0 Å². The third kappa shape index (κ3) is 6.28. The molecule has 4 saturated carbocycles. The van der Waals surface area contributed by atoms with Gasteiger partial charge in [-0.2, -0.15) is 0 Å². The second-order valence-electron chi connectivity index (χ2n) is 15.5. The van der Waals surface area contributed by atoms with Crippen molar-refractivity contribution in [2.24, 2.45) is 34.0 Å². The van der Waals surface area contributed by atoms with Crippen molar-refractivity contribution >= 4 is 0 Å². The fraction of sp³-hybridized carbons (Fsp3) is 0.818. The zero-order chi connectivity index (χ0) is 25.6. The molecule has 4 atom stereocenters. The largest absolute Gasteiger partial charge is 0.491 e. The van der Waals surface area contributed by atoms with Crippen molar-refractivity contribution in [3.8, 4) is 5.75 Å². The summed E-state index contributed by atoms with van der Waals surface area (Å²) in [6.45, 7) is 21.7. The average Bonchev–Trinajstić information content (AvgIpc) is 2.94. The third-order valence-corrected chi connectivity index (χ3v) is 9.79. The van der Waals surface area contributed by atoms with Gasteiger partial charge in [-0.3, -0.25) is 0 Å². The van der Waals surface area contributed by atoms with E-state index in [9.17, 15) is 0 Å². The zero-order valence-corrected chi connectivity index (χ0v) is 24.4. The molecule has 4 unspecified atom stereocenters. The van der Waals surface area contributed by atoms with Gasteiger partial charge in [-0.1, -0.05) is 53.7 Å². The molecule has 0 aliphatic heterocycles. The lowest BCUT2D eigenvalue weighted by atomic mass is 9.56. The second kappa shape index (κ2) is 9.70. The minimum absolute atomic E-state index is 0.0842. The Kier molecular flexibility index (Phi) is 7.49. The fourth-order valence-electron chi connectivity index (χ4n) is 8.15. The predicted molar refractivity (Wildman–Crippen MR) is 148 cm³/mol. The molecule has 0 radical (unpaired) electrons. The van der Waals surface area contributed by atoms with Gasteiger partial charge in [0.15, 0.2) is 0 Å². The Labute approximate surface area is 216 Å². The average molecular weight is 483 g/mol. The first kappa shape index (κ1) is 27.0. The van der Waals surface area contributed by atoms with Gasteiger partial charge in [-0.05, 0) is 130 Å². The van der Waals surface area contributed by atoms with Crippen LogP contribution in [0.4, 0.5) is 0 Å². The minimum Gasteiger partial charge on any atom is -0.491 e. The lowest BCUT2D eigenvalue weighted by Gasteiger charge is -2.53. The van der Waals surface area contributed by atoms with E-state index in [0.717, 1.165) is 23.5 Å². The van der Waals surface area contributed by atoms with Crippen molar-refractivity contribution in [2.45, 2.75) is 131 Å². The van der Waals surface area contributed by atoms with Crippen molar-refractivity contribution in [1.82, 2.24) is 0 Å². The van der Waals surface area contributed by atoms with Crippen LogP contribution in [0, 0.1) is 34.0 Å². The highest BCUT2D eigenvalue weighted by molar-refractivity contribution is 5.30. The van der Waals surface area contributed by atoms with Crippen LogP contribution in [-0.4, -0.2) is 18.3 Å². The number of hydrogen-bond acceptors (Lipinski definition) is 2. The van der Waals surface area contributed by atoms with Crippen LogP contribution in [0.2, 0.25) is 0 Å². The molecule has 4 aliphatic rings. The number of fused-ring (bicyclic) bond motifs is 1. The zero-order valence-electron chi connectivity index (χ0n) is 24.4. The first-order chi connectivity index (χ1) is 16.2. The number of benzene rings is 1. The number of ether oxygens (including phenoxy) is 2. The number of hydrogen-bond donors (Lipinski definition) is 0. The van der Waals surface area contributed by atoms with Crippen molar-refractivity contribution in [1.29, 1.82) is 0 Å². The highest BCUT2D eigenvalue weighted by Gasteiger charge is 2.55. The number of rotatable bonds is 8. The van der Waals surface area contributed by atoms with E-state index in [2.05, 4.69) is 86.6 Å². The van der Waals surface area contributed by atoms with Crippen LogP contribution >= 0.6 is 0 Å². The molecule has 4 bridgehead atoms. The van der Waals surface area contributed by atoms with Gasteiger partial charge < -0.3 is 9.47 Å². The normalized spacial score (nSPS) is 30.7. The highest BCUT2D eigenvalue weighted by atomic mass is 16.5. The molecule has 0 N–H and O–H groups in total. The first-order valence-corrected chi connectivity index (χ1v) is 14.6. The molecule has 35 heavy (non-hydrogen) atoms. The van der Waals surface area contributed by atoms with Crippen LogP contribution in [0.3, 0.4) is 0 Å². The monoisotopic (exact) mass is 482 g/mol. The molecule has 4 fully saturated rings. The molecule has 0 aromatic heterocycles. The van der Waals surface area contributed by atoms with Crippen molar-refractivity contribution < 1.29 is 9.47 Å². The van der Waals surface area contributed by atoms with E-state index in [1.807, 2.05) is 0 Å². The molecule has 5 rings (SSSR count). The van der Waals surface area contributed by atoms with Gasteiger partial charge in [0, 0.05) is 0 Å². The summed E-state index contributed by atoms with van der Waals surface area (Å²) in [6, 6.07) is 8.89. The van der Waals surface area contributed by atoms with Gasteiger partial charge in [-0.25, -0.2) is 0 Å². The maximum atomic E-state index is 6.83. The Bertz CT molecular complexity index is 823. The Morgan fingerprint density at radius 3 is 1.97 bits per heavy atom. The highest BCUT2D eigenvalue weighted by Crippen LogP contribution is 2.61. The molecule has 0 spiro atoms. The van der Waals surface area contributed by atoms with Crippen LogP contribution in [-0.2, 0) is 4.74 Å². The van der Waals surface area contributed by atoms with E-state index in [-0.39, 0.29) is 17.1 Å². The Hall–Kier alpha value is -1.02. The van der Waals surface area contributed by atoms with Gasteiger partial charge in [0.2, 0.25) is 0 Å². The maximum Gasteiger partial charge on any atom is 0.119 e. The first-order valence-electron chi connectivity index (χ1n) is 14.6. The fourth-order valence-corrected chi connectivity index (χ4v) is 8.15. The maximum absolute atomic E-state index is 6.83. The Balaban J connectivity index is 1.36. The molecule has 2 nitrogen and oxygen atoms in total. The van der Waals surface area contributed by atoms with E-state index in [4.69, 9.17) is 9.47 Å². The SMILES string of the molecule is CC(COc1ccc(C(CC(C)(C)C)C(C)(C)C)cc1)OC(C)(C)C12CCC3CC(CC(C3)C1)C2. The molecule has 198 valence electrons. The molecule has 2 heteroatoms. The lowest BCUT2D eigenvalue weighted by Crippen LogP contribution is -2.51. The molecule has 1 aromatic carbocycles. The minimum atomic E-state index is -0.0946. The van der Waals surface area contributed by atoms with Crippen LogP contribution in [0.15, 0.2) is 24.3 Å². The van der Waals surface area contributed by atoms with Crippen molar-refractivity contribution in [3.63, 3.8) is 0 Å². The smallest absolute Gasteiger partial charge is 0.119 e. The van der Waals surface area contributed by atoms with Gasteiger partial charge >= 0.3 is 0 Å². The van der Waals surface area contributed by atoms with Crippen molar-refractivity contribution in [3.05, 3.63) is 29.8 Å². The summed E-state index contributed by atoms with van der Waals surface area (Å²) in [7, 11) is 0. The summed E-state index contributed by atoms with van der Waals surface area (Å²) in [5.74, 6) is 4.36. The second-order valence-corrected chi connectivity index (χ2v) is 15.5. The summed E-state index contributed by atoms with van der Waals surface area (Å²) in [5.41, 5.74) is 2.23. The van der Waals surface area contributed by atoms with Crippen molar-refractivity contribution in [2.75, 3.05) is 6.61 Å². The lowest BCUT2D eigenvalue weighted by molar-refractivity contribution is -0.173. The summed E-state index contributed by atoms with van der Waals surface area (Å²) in [5, 5.41) is 0. The quantitative estimate of drug-likeness (QED) is 0.367. The predicted octanol–water partition coefficient (Wildman–Crippen LogP) is 9.42. The van der Waals surface area contributed by atoms with Crippen LogP contribution in [0.1, 0.15) is 125 Å². The van der Waals surface area contributed by atoms with E-state index in [1.54, 1.807) is 0 Å².